The summed E-state index contributed by atoms with van der Waals surface area (Å²) < 4.78 is 32.2. The van der Waals surface area contributed by atoms with Gasteiger partial charge in [-0.3, -0.25) is 10.1 Å². The molecule has 1 aromatic carbocycles. The Morgan fingerprint density at radius 1 is 1.28 bits per heavy atom. The second-order valence-corrected chi connectivity index (χ2v) is 9.98. The van der Waals surface area contributed by atoms with Crippen molar-refractivity contribution in [2.75, 3.05) is 31.6 Å². The number of hydrogen-bond acceptors (Lipinski definition) is 7. The summed E-state index contributed by atoms with van der Waals surface area (Å²) in [6, 6.07) is 4.12. The molecular weight excluding hydrogens is 436 g/mol. The van der Waals surface area contributed by atoms with E-state index in [9.17, 15) is 13.2 Å². The molecule has 11 heteroatoms. The van der Waals surface area contributed by atoms with Gasteiger partial charge in [-0.05, 0) is 24.6 Å². The fraction of sp³-hybridized carbons (Fsp3) is 0.500. The van der Waals surface area contributed by atoms with Crippen LogP contribution in [0, 0.1) is 0 Å². The van der Waals surface area contributed by atoms with Gasteiger partial charge in [-0.1, -0.05) is 42.7 Å². The van der Waals surface area contributed by atoms with Crippen LogP contribution in [0.25, 0.3) is 0 Å². The van der Waals surface area contributed by atoms with E-state index >= 15 is 0 Å². The van der Waals surface area contributed by atoms with Crippen LogP contribution in [0.4, 0.5) is 5.13 Å². The third-order valence-corrected chi connectivity index (χ3v) is 7.59. The van der Waals surface area contributed by atoms with Crippen LogP contribution in [0.15, 0.2) is 23.1 Å². The van der Waals surface area contributed by atoms with Crippen LogP contribution in [0.2, 0.25) is 5.02 Å². The Labute approximate surface area is 179 Å². The van der Waals surface area contributed by atoms with Crippen molar-refractivity contribution in [3.63, 3.8) is 0 Å². The lowest BCUT2D eigenvalue weighted by atomic mass is 10.2. The Morgan fingerprint density at radius 2 is 2.03 bits per heavy atom. The van der Waals surface area contributed by atoms with E-state index in [2.05, 4.69) is 22.4 Å². The van der Waals surface area contributed by atoms with Gasteiger partial charge in [-0.2, -0.15) is 4.31 Å². The standard InChI is InChI=1S/C18H23ClN4O4S2/c1-2-3-4-5-16-21-22-18(28-16)20-17(24)14-12-13(6-7-15(14)19)29(25,26)23-8-10-27-11-9-23/h6-7,12H,2-5,8-11H2,1H3,(H,20,22,24). The highest BCUT2D eigenvalue weighted by Crippen LogP contribution is 2.25. The van der Waals surface area contributed by atoms with Crippen molar-refractivity contribution in [2.45, 2.75) is 37.5 Å². The minimum absolute atomic E-state index is 0.0199. The quantitative estimate of drug-likeness (QED) is 0.609. The summed E-state index contributed by atoms with van der Waals surface area (Å²) in [6.07, 6.45) is 4.06. The number of sulfonamides is 1. The zero-order chi connectivity index (χ0) is 20.9. The van der Waals surface area contributed by atoms with Crippen molar-refractivity contribution in [1.29, 1.82) is 0 Å². The van der Waals surface area contributed by atoms with Gasteiger partial charge in [-0.15, -0.1) is 10.2 Å². The van der Waals surface area contributed by atoms with Gasteiger partial charge in [-0.25, -0.2) is 8.42 Å². The molecule has 0 aliphatic carbocycles. The van der Waals surface area contributed by atoms with Gasteiger partial charge in [0.25, 0.3) is 5.91 Å². The highest BCUT2D eigenvalue weighted by Gasteiger charge is 2.27. The van der Waals surface area contributed by atoms with E-state index in [-0.39, 0.29) is 28.6 Å². The van der Waals surface area contributed by atoms with Gasteiger partial charge in [0.1, 0.15) is 5.01 Å². The monoisotopic (exact) mass is 458 g/mol. The van der Waals surface area contributed by atoms with Crippen LogP contribution in [0.1, 0.15) is 41.6 Å². The number of halogens is 1. The zero-order valence-corrected chi connectivity index (χ0v) is 18.4. The molecule has 0 unspecified atom stereocenters. The van der Waals surface area contributed by atoms with Crippen molar-refractivity contribution in [2.24, 2.45) is 0 Å². The lowest BCUT2D eigenvalue weighted by Crippen LogP contribution is -2.40. The average Bonchev–Trinajstić information content (AvgIpc) is 3.16. The summed E-state index contributed by atoms with van der Waals surface area (Å²) in [7, 11) is -3.73. The van der Waals surface area contributed by atoms with Crippen LogP contribution >= 0.6 is 22.9 Å². The van der Waals surface area contributed by atoms with Gasteiger partial charge in [0.05, 0.1) is 28.7 Å². The molecule has 8 nitrogen and oxygen atoms in total. The third kappa shape index (κ3) is 5.52. The third-order valence-electron chi connectivity index (χ3n) is 4.47. The van der Waals surface area contributed by atoms with Crippen LogP contribution in [0.3, 0.4) is 0 Å². The van der Waals surface area contributed by atoms with Gasteiger partial charge in [0, 0.05) is 19.5 Å². The molecule has 158 valence electrons. The number of ether oxygens (including phenoxy) is 1. The molecule has 2 heterocycles. The van der Waals surface area contributed by atoms with Crippen molar-refractivity contribution in [3.8, 4) is 0 Å². The molecule has 3 rings (SSSR count). The summed E-state index contributed by atoms with van der Waals surface area (Å²) in [4.78, 5) is 12.7. The molecule has 29 heavy (non-hydrogen) atoms. The Hall–Kier alpha value is -1.59. The number of nitrogens with one attached hydrogen (secondary N) is 1. The molecule has 0 spiro atoms. The van der Waals surface area contributed by atoms with Crippen LogP contribution in [0.5, 0.6) is 0 Å². The highest BCUT2D eigenvalue weighted by molar-refractivity contribution is 7.89. The Morgan fingerprint density at radius 3 is 2.76 bits per heavy atom. The molecular formula is C18H23ClN4O4S2. The first-order chi connectivity index (χ1) is 13.9. The van der Waals surface area contributed by atoms with Crippen molar-refractivity contribution < 1.29 is 17.9 Å². The molecule has 0 saturated carbocycles. The summed E-state index contributed by atoms with van der Waals surface area (Å²) in [6.45, 7) is 3.37. The number of carbonyl (C=O) groups excluding carboxylic acids is 1. The first kappa shape index (κ1) is 22.1. The molecule has 1 amide bonds. The summed E-state index contributed by atoms with van der Waals surface area (Å²) >= 11 is 7.47. The fourth-order valence-corrected chi connectivity index (χ4v) is 5.29. The smallest absolute Gasteiger partial charge is 0.259 e. The minimum Gasteiger partial charge on any atom is -0.379 e. The lowest BCUT2D eigenvalue weighted by Gasteiger charge is -2.26. The normalized spacial score (nSPS) is 15.4. The van der Waals surface area contributed by atoms with Gasteiger partial charge in [0.2, 0.25) is 15.2 Å². The highest BCUT2D eigenvalue weighted by atomic mass is 35.5. The number of benzene rings is 1. The number of anilines is 1. The van der Waals surface area contributed by atoms with E-state index in [4.69, 9.17) is 16.3 Å². The number of hydrogen-bond donors (Lipinski definition) is 1. The van der Waals surface area contributed by atoms with Gasteiger partial charge < -0.3 is 4.74 Å². The van der Waals surface area contributed by atoms with E-state index in [1.54, 1.807) is 0 Å². The number of amides is 1. The second-order valence-electron chi connectivity index (χ2n) is 6.57. The largest absolute Gasteiger partial charge is 0.379 e. The van der Waals surface area contributed by atoms with Crippen LogP contribution < -0.4 is 5.32 Å². The lowest BCUT2D eigenvalue weighted by molar-refractivity contribution is 0.0730. The molecule has 0 radical (unpaired) electrons. The second kappa shape index (κ2) is 9.94. The number of nitrogens with zero attached hydrogens (tertiary/aromatic N) is 3. The molecule has 1 N–H and O–H groups in total. The maximum absolute atomic E-state index is 12.8. The maximum Gasteiger partial charge on any atom is 0.259 e. The number of rotatable bonds is 8. The molecule has 1 saturated heterocycles. The van der Waals surface area contributed by atoms with Crippen LogP contribution in [-0.4, -0.2) is 55.1 Å². The minimum atomic E-state index is -3.73. The molecule has 0 bridgehead atoms. The van der Waals surface area contributed by atoms with Crippen molar-refractivity contribution in [1.82, 2.24) is 14.5 Å². The summed E-state index contributed by atoms with van der Waals surface area (Å²) in [5, 5.41) is 12.1. The molecule has 1 aliphatic heterocycles. The SMILES string of the molecule is CCCCCc1nnc(NC(=O)c2cc(S(=O)(=O)N3CCOCC3)ccc2Cl)s1. The maximum atomic E-state index is 12.8. The Balaban J connectivity index is 1.74. The number of aryl methyl sites for hydroxylation is 1. The van der Waals surface area contributed by atoms with E-state index < -0.39 is 15.9 Å². The van der Waals surface area contributed by atoms with E-state index in [0.717, 1.165) is 30.7 Å². The molecule has 1 aromatic heterocycles. The number of unbranched alkanes of at least 4 members (excludes halogenated alkanes) is 2. The van der Waals surface area contributed by atoms with E-state index in [1.165, 1.54) is 33.8 Å². The zero-order valence-electron chi connectivity index (χ0n) is 16.1. The van der Waals surface area contributed by atoms with Crippen LogP contribution in [-0.2, 0) is 21.2 Å². The summed E-state index contributed by atoms with van der Waals surface area (Å²) in [5.41, 5.74) is 0.0729. The Kier molecular flexibility index (Phi) is 7.58. The van der Waals surface area contributed by atoms with Crippen molar-refractivity contribution in [3.05, 3.63) is 33.8 Å². The van der Waals surface area contributed by atoms with E-state index in [0.29, 0.717) is 18.3 Å². The predicted octanol–water partition coefficient (Wildman–Crippen LogP) is 3.20. The number of morpholine rings is 1. The fourth-order valence-electron chi connectivity index (χ4n) is 2.87. The topological polar surface area (TPSA) is 101 Å². The number of aromatic nitrogens is 2. The van der Waals surface area contributed by atoms with Gasteiger partial charge in [0.15, 0.2) is 0 Å². The first-order valence-corrected chi connectivity index (χ1v) is 12.1. The van der Waals surface area contributed by atoms with E-state index in [1.807, 2.05) is 0 Å². The Bertz CT molecular complexity index is 959. The summed E-state index contributed by atoms with van der Waals surface area (Å²) in [5.74, 6) is -0.523. The predicted molar refractivity (Wildman–Crippen MR) is 112 cm³/mol. The first-order valence-electron chi connectivity index (χ1n) is 9.43. The molecule has 2 aromatic rings. The average molecular weight is 459 g/mol. The molecule has 1 fully saturated rings. The number of carbonyl (C=O) groups is 1. The van der Waals surface area contributed by atoms with Gasteiger partial charge >= 0.3 is 0 Å². The molecule has 0 atom stereocenters. The van der Waals surface area contributed by atoms with Crippen molar-refractivity contribution >= 4 is 44.0 Å². The molecule has 1 aliphatic rings.